The van der Waals surface area contributed by atoms with Crippen LogP contribution in [-0.2, 0) is 17.9 Å². The Morgan fingerprint density at radius 2 is 1.83 bits per heavy atom. The van der Waals surface area contributed by atoms with Crippen molar-refractivity contribution >= 4 is 46.1 Å². The zero-order valence-electron chi connectivity index (χ0n) is 20.3. The van der Waals surface area contributed by atoms with Crippen LogP contribution >= 0.6 is 24.0 Å². The molecule has 2 aliphatic rings. The number of hydrogen-bond acceptors (Lipinski definition) is 7. The van der Waals surface area contributed by atoms with Crippen molar-refractivity contribution in [1.29, 1.82) is 5.26 Å². The van der Waals surface area contributed by atoms with Crippen molar-refractivity contribution in [3.05, 3.63) is 67.8 Å². The summed E-state index contributed by atoms with van der Waals surface area (Å²) in [6.45, 7) is 8.00. The average molecular weight is 508 g/mol. The molecule has 7 nitrogen and oxygen atoms in total. The molecule has 2 saturated heterocycles. The summed E-state index contributed by atoms with van der Waals surface area (Å²) in [6, 6.07) is 11.9. The van der Waals surface area contributed by atoms with E-state index in [1.165, 1.54) is 11.8 Å². The quantitative estimate of drug-likeness (QED) is 0.437. The lowest BCUT2D eigenvalue weighted by Crippen LogP contribution is -2.47. The molecule has 0 spiro atoms. The van der Waals surface area contributed by atoms with Gasteiger partial charge in [0.2, 0.25) is 0 Å². The molecule has 35 heavy (non-hydrogen) atoms. The number of rotatable bonds is 6. The highest BCUT2D eigenvalue weighted by atomic mass is 32.2. The number of benzene rings is 1. The van der Waals surface area contributed by atoms with Gasteiger partial charge in [0.05, 0.1) is 11.4 Å². The molecule has 0 saturated carbocycles. The minimum Gasteiger partial charge on any atom is -0.355 e. The Kier molecular flexibility index (Phi) is 7.75. The van der Waals surface area contributed by atoms with Crippen LogP contribution in [0.25, 0.3) is 6.08 Å². The predicted octanol–water partition coefficient (Wildman–Crippen LogP) is 3.59. The lowest BCUT2D eigenvalue weighted by atomic mass is 10.0. The largest absolute Gasteiger partial charge is 0.355 e. The summed E-state index contributed by atoms with van der Waals surface area (Å²) in [6.07, 6.45) is 2.59. The molecule has 1 amide bonds. The van der Waals surface area contributed by atoms with Crippen molar-refractivity contribution in [3.63, 3.8) is 0 Å². The van der Waals surface area contributed by atoms with E-state index in [9.17, 15) is 14.9 Å². The first-order valence-corrected chi connectivity index (χ1v) is 13.0. The van der Waals surface area contributed by atoms with Crippen LogP contribution < -0.4 is 10.5 Å². The molecular weight excluding hydrogens is 478 g/mol. The van der Waals surface area contributed by atoms with E-state index in [1.54, 1.807) is 16.4 Å². The van der Waals surface area contributed by atoms with Gasteiger partial charge < -0.3 is 9.80 Å². The number of nitriles is 1. The number of amides is 1. The van der Waals surface area contributed by atoms with E-state index in [4.69, 9.17) is 12.2 Å². The van der Waals surface area contributed by atoms with Gasteiger partial charge in [-0.1, -0.05) is 61.2 Å². The number of thioether (sulfide) groups is 1. The summed E-state index contributed by atoms with van der Waals surface area (Å²) in [7, 11) is 2.08. The number of likely N-dealkylation sites (N-methyl/N-ethyl adjacent to an activating group) is 1. The summed E-state index contributed by atoms with van der Waals surface area (Å²) in [5.74, 6) is 0.633. The third-order valence-electron chi connectivity index (χ3n) is 6.43. The molecule has 4 rings (SSSR count). The molecule has 2 aliphatic heterocycles. The maximum atomic E-state index is 13.4. The Morgan fingerprint density at radius 1 is 1.14 bits per heavy atom. The Morgan fingerprint density at radius 3 is 2.46 bits per heavy atom. The molecule has 0 atom stereocenters. The highest BCUT2D eigenvalue weighted by molar-refractivity contribution is 8.26. The van der Waals surface area contributed by atoms with Crippen molar-refractivity contribution in [2.45, 2.75) is 33.4 Å². The van der Waals surface area contributed by atoms with Gasteiger partial charge in [0.1, 0.15) is 21.8 Å². The van der Waals surface area contributed by atoms with Crippen molar-refractivity contribution in [3.8, 4) is 6.07 Å². The fourth-order valence-electron chi connectivity index (χ4n) is 4.47. The van der Waals surface area contributed by atoms with Crippen molar-refractivity contribution in [2.75, 3.05) is 38.1 Å². The number of hydrogen-bond donors (Lipinski definition) is 0. The number of aromatic nitrogens is 1. The van der Waals surface area contributed by atoms with E-state index < -0.39 is 0 Å². The van der Waals surface area contributed by atoms with Crippen LogP contribution in [0.3, 0.4) is 0 Å². The predicted molar refractivity (Wildman–Crippen MR) is 145 cm³/mol. The molecular formula is C26H29N5O2S2. The van der Waals surface area contributed by atoms with Gasteiger partial charge in [0.25, 0.3) is 11.5 Å². The fourth-order valence-corrected chi connectivity index (χ4v) is 5.70. The van der Waals surface area contributed by atoms with Gasteiger partial charge in [0, 0.05) is 38.3 Å². The SMILES string of the molecule is CCCn1c(N2CCN(C)CC2)c(C=C2SC(=S)N(Cc3ccccc3)C2=O)c(C)c(C#N)c1=O. The molecule has 0 N–H and O–H groups in total. The van der Waals surface area contributed by atoms with Gasteiger partial charge in [-0.15, -0.1) is 0 Å². The number of thiocarbonyl (C=S) groups is 1. The second-order valence-corrected chi connectivity index (χ2v) is 10.5. The maximum absolute atomic E-state index is 13.4. The first kappa shape index (κ1) is 25.2. The summed E-state index contributed by atoms with van der Waals surface area (Å²) in [5, 5.41) is 9.81. The van der Waals surface area contributed by atoms with Crippen molar-refractivity contribution in [2.24, 2.45) is 0 Å². The molecule has 0 unspecified atom stereocenters. The minimum absolute atomic E-state index is 0.127. The average Bonchev–Trinajstić information content (AvgIpc) is 3.11. The summed E-state index contributed by atoms with van der Waals surface area (Å²) >= 11 is 6.82. The van der Waals surface area contributed by atoms with Crippen LogP contribution in [0.15, 0.2) is 40.0 Å². The highest BCUT2D eigenvalue weighted by Crippen LogP contribution is 2.36. The van der Waals surface area contributed by atoms with Gasteiger partial charge in [-0.2, -0.15) is 5.26 Å². The second kappa shape index (κ2) is 10.8. The molecule has 0 aliphatic carbocycles. The first-order valence-electron chi connectivity index (χ1n) is 11.8. The van der Waals surface area contributed by atoms with Gasteiger partial charge in [-0.25, -0.2) is 0 Å². The highest BCUT2D eigenvalue weighted by Gasteiger charge is 2.33. The van der Waals surface area contributed by atoms with Crippen LogP contribution in [-0.4, -0.2) is 57.8 Å². The third-order valence-corrected chi connectivity index (χ3v) is 7.81. The minimum atomic E-state index is -0.269. The topological polar surface area (TPSA) is 72.6 Å². The zero-order valence-corrected chi connectivity index (χ0v) is 21.9. The zero-order chi connectivity index (χ0) is 25.1. The van der Waals surface area contributed by atoms with Gasteiger partial charge in [-0.3, -0.25) is 19.1 Å². The summed E-state index contributed by atoms with van der Waals surface area (Å²) in [5.41, 5.74) is 2.21. The molecule has 182 valence electrons. The molecule has 2 fully saturated rings. The number of anilines is 1. The van der Waals surface area contributed by atoms with Gasteiger partial charge in [0.15, 0.2) is 0 Å². The maximum Gasteiger partial charge on any atom is 0.270 e. The number of piperazine rings is 1. The van der Waals surface area contributed by atoms with Crippen molar-refractivity contribution in [1.82, 2.24) is 14.4 Å². The molecule has 1 aromatic heterocycles. The molecule has 0 radical (unpaired) electrons. The fraction of sp³-hybridized carbons (Fsp3) is 0.385. The lowest BCUT2D eigenvalue weighted by molar-refractivity contribution is -0.122. The third kappa shape index (κ3) is 5.06. The molecule has 1 aromatic carbocycles. The van der Waals surface area contributed by atoms with E-state index in [2.05, 4.69) is 22.9 Å². The summed E-state index contributed by atoms with van der Waals surface area (Å²) < 4.78 is 2.22. The van der Waals surface area contributed by atoms with E-state index in [0.717, 1.165) is 49.5 Å². The molecule has 9 heteroatoms. The smallest absolute Gasteiger partial charge is 0.270 e. The van der Waals surface area contributed by atoms with Crippen LogP contribution in [0.2, 0.25) is 0 Å². The standard InChI is InChI=1S/C26H29N5O2S2/c1-4-10-30-23(29-13-11-28(3)12-14-29)20(18(2)21(16-27)24(30)32)15-22-25(33)31(26(34)35-22)17-19-8-6-5-7-9-19/h5-9,15H,4,10-14,17H2,1-3H3. The van der Waals surface area contributed by atoms with E-state index in [1.807, 2.05) is 43.3 Å². The van der Waals surface area contributed by atoms with E-state index in [0.29, 0.717) is 27.9 Å². The van der Waals surface area contributed by atoms with Crippen molar-refractivity contribution < 1.29 is 4.79 Å². The Hall–Kier alpha value is -2.93. The second-order valence-electron chi connectivity index (χ2n) is 8.85. The number of pyridine rings is 1. The molecule has 2 aromatic rings. The van der Waals surface area contributed by atoms with E-state index in [-0.39, 0.29) is 17.0 Å². The number of carbonyl (C=O) groups excluding carboxylic acids is 1. The van der Waals surface area contributed by atoms with Crippen LogP contribution in [0.4, 0.5) is 5.82 Å². The van der Waals surface area contributed by atoms with Crippen LogP contribution in [0.1, 0.15) is 35.6 Å². The monoisotopic (exact) mass is 507 g/mol. The first-order chi connectivity index (χ1) is 16.8. The lowest BCUT2D eigenvalue weighted by Gasteiger charge is -2.36. The van der Waals surface area contributed by atoms with E-state index >= 15 is 0 Å². The number of nitrogens with zero attached hydrogens (tertiary/aromatic N) is 5. The van der Waals surface area contributed by atoms with Gasteiger partial charge >= 0.3 is 0 Å². The van der Waals surface area contributed by atoms with Crippen LogP contribution in [0.5, 0.6) is 0 Å². The Balaban J connectivity index is 1.82. The molecule has 0 bridgehead atoms. The Labute approximate surface area is 215 Å². The number of carbonyl (C=O) groups is 1. The summed E-state index contributed by atoms with van der Waals surface area (Å²) in [4.78, 5) is 33.3. The normalized spacial score (nSPS) is 17.9. The molecule has 3 heterocycles. The van der Waals surface area contributed by atoms with Crippen LogP contribution in [0, 0.1) is 18.3 Å². The Bertz CT molecular complexity index is 1270. The van der Waals surface area contributed by atoms with Gasteiger partial charge in [-0.05, 0) is 37.6 Å².